The second-order valence-electron chi connectivity index (χ2n) is 2.96. The molecule has 1 N–H and O–H groups in total. The third kappa shape index (κ3) is 6.16. The van der Waals surface area contributed by atoms with E-state index in [1.54, 1.807) is 0 Å². The number of hydrogen-bond acceptors (Lipinski definition) is 2. The zero-order valence-electron chi connectivity index (χ0n) is 8.01. The maximum Gasteiger partial charge on any atom is 0.230 e. The standard InChI is InChI=1S/C9H19NO2/c1-3-5-6-9(4-2)7-12-10-8-11/h8-9H,3-7H2,1-2H3,(H,10,11). The minimum absolute atomic E-state index is 0.562. The van der Waals surface area contributed by atoms with E-state index in [9.17, 15) is 4.79 Å². The van der Waals surface area contributed by atoms with E-state index >= 15 is 0 Å². The van der Waals surface area contributed by atoms with Crippen molar-refractivity contribution in [3.8, 4) is 0 Å². The van der Waals surface area contributed by atoms with Crippen LogP contribution in [0.4, 0.5) is 0 Å². The Kier molecular flexibility index (Phi) is 8.12. The van der Waals surface area contributed by atoms with E-state index in [-0.39, 0.29) is 0 Å². The predicted octanol–water partition coefficient (Wildman–Crippen LogP) is 1.88. The van der Waals surface area contributed by atoms with Crippen LogP contribution in [0.5, 0.6) is 0 Å². The smallest absolute Gasteiger partial charge is 0.230 e. The summed E-state index contributed by atoms with van der Waals surface area (Å²) in [5.41, 5.74) is 2.21. The van der Waals surface area contributed by atoms with Crippen molar-refractivity contribution in [3.63, 3.8) is 0 Å². The van der Waals surface area contributed by atoms with Crippen LogP contribution in [0.15, 0.2) is 0 Å². The molecule has 0 heterocycles. The van der Waals surface area contributed by atoms with E-state index < -0.39 is 0 Å². The fourth-order valence-corrected chi connectivity index (χ4v) is 1.10. The highest BCUT2D eigenvalue weighted by Crippen LogP contribution is 2.11. The van der Waals surface area contributed by atoms with Gasteiger partial charge in [-0.15, -0.1) is 0 Å². The van der Waals surface area contributed by atoms with Gasteiger partial charge in [-0.05, 0) is 12.3 Å². The average Bonchev–Trinajstić information content (AvgIpc) is 2.11. The Labute approximate surface area is 74.4 Å². The minimum atomic E-state index is 0.562. The van der Waals surface area contributed by atoms with Gasteiger partial charge in [0.25, 0.3) is 0 Å². The van der Waals surface area contributed by atoms with E-state index in [2.05, 4.69) is 19.3 Å². The van der Waals surface area contributed by atoms with Crippen LogP contribution >= 0.6 is 0 Å². The van der Waals surface area contributed by atoms with E-state index in [1.165, 1.54) is 19.3 Å². The van der Waals surface area contributed by atoms with Gasteiger partial charge >= 0.3 is 0 Å². The van der Waals surface area contributed by atoms with Crippen molar-refractivity contribution in [2.45, 2.75) is 39.5 Å². The Hall–Kier alpha value is -0.570. The highest BCUT2D eigenvalue weighted by Gasteiger charge is 2.04. The first-order valence-corrected chi connectivity index (χ1v) is 4.66. The summed E-state index contributed by atoms with van der Waals surface area (Å²) in [5.74, 6) is 0.581. The van der Waals surface area contributed by atoms with Gasteiger partial charge in [-0.2, -0.15) is 0 Å². The van der Waals surface area contributed by atoms with Crippen LogP contribution in [-0.4, -0.2) is 13.0 Å². The maximum absolute atomic E-state index is 9.85. The van der Waals surface area contributed by atoms with Gasteiger partial charge in [-0.3, -0.25) is 9.63 Å². The molecule has 0 radical (unpaired) electrons. The Bertz CT molecular complexity index is 107. The number of unbranched alkanes of at least 4 members (excludes halogenated alkanes) is 1. The maximum atomic E-state index is 9.85. The highest BCUT2D eigenvalue weighted by molar-refractivity contribution is 5.43. The fourth-order valence-electron chi connectivity index (χ4n) is 1.10. The van der Waals surface area contributed by atoms with Crippen LogP contribution in [0.2, 0.25) is 0 Å². The summed E-state index contributed by atoms with van der Waals surface area (Å²) < 4.78 is 0. The van der Waals surface area contributed by atoms with Crippen LogP contribution in [0, 0.1) is 5.92 Å². The Morgan fingerprint density at radius 1 is 1.50 bits per heavy atom. The lowest BCUT2D eigenvalue weighted by molar-refractivity contribution is -0.121. The number of carbonyl (C=O) groups excluding carboxylic acids is 1. The van der Waals surface area contributed by atoms with Crippen LogP contribution < -0.4 is 5.48 Å². The molecule has 72 valence electrons. The van der Waals surface area contributed by atoms with E-state index in [0.29, 0.717) is 18.9 Å². The molecule has 1 unspecified atom stereocenters. The van der Waals surface area contributed by atoms with Crippen LogP contribution in [0.25, 0.3) is 0 Å². The first kappa shape index (κ1) is 11.4. The molecule has 0 aromatic carbocycles. The van der Waals surface area contributed by atoms with E-state index in [0.717, 1.165) is 6.42 Å². The van der Waals surface area contributed by atoms with E-state index in [1.807, 2.05) is 0 Å². The monoisotopic (exact) mass is 173 g/mol. The Balaban J connectivity index is 3.32. The van der Waals surface area contributed by atoms with Crippen LogP contribution in [0.3, 0.4) is 0 Å². The van der Waals surface area contributed by atoms with Crippen molar-refractivity contribution in [1.29, 1.82) is 0 Å². The molecule has 3 heteroatoms. The number of nitrogens with one attached hydrogen (secondary N) is 1. The predicted molar refractivity (Wildman–Crippen MR) is 48.5 cm³/mol. The molecular weight excluding hydrogens is 154 g/mol. The molecular formula is C9H19NO2. The number of amides is 1. The molecule has 3 nitrogen and oxygen atoms in total. The van der Waals surface area contributed by atoms with Crippen molar-refractivity contribution in [2.75, 3.05) is 6.61 Å². The molecule has 0 fully saturated rings. The molecule has 0 aliphatic heterocycles. The Morgan fingerprint density at radius 3 is 2.75 bits per heavy atom. The van der Waals surface area contributed by atoms with Gasteiger partial charge in [0.2, 0.25) is 6.41 Å². The second-order valence-corrected chi connectivity index (χ2v) is 2.96. The molecule has 0 saturated heterocycles. The molecule has 0 aliphatic carbocycles. The van der Waals surface area contributed by atoms with Crippen molar-refractivity contribution in [1.82, 2.24) is 5.48 Å². The van der Waals surface area contributed by atoms with Crippen LogP contribution in [-0.2, 0) is 9.63 Å². The first-order chi connectivity index (χ1) is 5.85. The van der Waals surface area contributed by atoms with Gasteiger partial charge in [0.15, 0.2) is 0 Å². The summed E-state index contributed by atoms with van der Waals surface area (Å²) in [6.45, 7) is 4.96. The quantitative estimate of drug-likeness (QED) is 0.346. The second kappa shape index (κ2) is 8.53. The molecule has 0 saturated carbocycles. The first-order valence-electron chi connectivity index (χ1n) is 4.66. The van der Waals surface area contributed by atoms with E-state index in [4.69, 9.17) is 4.84 Å². The summed E-state index contributed by atoms with van der Waals surface area (Å²) in [4.78, 5) is 14.8. The summed E-state index contributed by atoms with van der Waals surface area (Å²) in [7, 11) is 0. The van der Waals surface area contributed by atoms with Crippen molar-refractivity contribution >= 4 is 6.41 Å². The summed E-state index contributed by atoms with van der Waals surface area (Å²) in [6, 6.07) is 0. The molecule has 0 aliphatic rings. The minimum Gasteiger partial charge on any atom is -0.277 e. The number of rotatable bonds is 8. The summed E-state index contributed by atoms with van der Waals surface area (Å²) in [6.07, 6.45) is 5.32. The highest BCUT2D eigenvalue weighted by atomic mass is 16.6. The Morgan fingerprint density at radius 2 is 2.25 bits per heavy atom. The normalized spacial score (nSPS) is 12.5. The van der Waals surface area contributed by atoms with Crippen molar-refractivity contribution < 1.29 is 9.63 Å². The zero-order chi connectivity index (χ0) is 9.23. The number of carbonyl (C=O) groups is 1. The largest absolute Gasteiger partial charge is 0.277 e. The third-order valence-corrected chi connectivity index (χ3v) is 1.99. The third-order valence-electron chi connectivity index (χ3n) is 1.99. The van der Waals surface area contributed by atoms with Gasteiger partial charge in [0.05, 0.1) is 6.61 Å². The molecule has 12 heavy (non-hydrogen) atoms. The number of hydroxylamine groups is 1. The summed E-state index contributed by atoms with van der Waals surface area (Å²) in [5, 5.41) is 0. The lowest BCUT2D eigenvalue weighted by atomic mass is 10.0. The van der Waals surface area contributed by atoms with Gasteiger partial charge in [-0.1, -0.05) is 33.1 Å². The number of hydrogen-bond donors (Lipinski definition) is 1. The molecule has 1 amide bonds. The van der Waals surface area contributed by atoms with Gasteiger partial charge < -0.3 is 0 Å². The van der Waals surface area contributed by atoms with Gasteiger partial charge in [-0.25, -0.2) is 5.48 Å². The molecule has 0 bridgehead atoms. The molecule has 0 rings (SSSR count). The molecule has 0 spiro atoms. The van der Waals surface area contributed by atoms with Gasteiger partial charge in [0.1, 0.15) is 0 Å². The SMILES string of the molecule is CCCCC(CC)CONC=O. The molecule has 0 aromatic heterocycles. The summed E-state index contributed by atoms with van der Waals surface area (Å²) >= 11 is 0. The van der Waals surface area contributed by atoms with Gasteiger partial charge in [0, 0.05) is 0 Å². The molecule has 0 aromatic rings. The molecule has 1 atom stereocenters. The lowest BCUT2D eigenvalue weighted by Gasteiger charge is -2.12. The zero-order valence-corrected chi connectivity index (χ0v) is 8.01. The van der Waals surface area contributed by atoms with Crippen molar-refractivity contribution in [2.24, 2.45) is 5.92 Å². The topological polar surface area (TPSA) is 38.3 Å². The average molecular weight is 173 g/mol. The fraction of sp³-hybridized carbons (Fsp3) is 0.889. The van der Waals surface area contributed by atoms with Crippen LogP contribution in [0.1, 0.15) is 39.5 Å². The van der Waals surface area contributed by atoms with Crippen molar-refractivity contribution in [3.05, 3.63) is 0 Å². The lowest BCUT2D eigenvalue weighted by Crippen LogP contribution is -2.18.